The van der Waals surface area contributed by atoms with Crippen molar-refractivity contribution in [2.24, 2.45) is 0 Å². The second-order valence-corrected chi connectivity index (χ2v) is 5.52. The number of carbonyl (C=O) groups excluding carboxylic acids is 1. The number of hydrogen-bond donors (Lipinski definition) is 2. The van der Waals surface area contributed by atoms with Crippen LogP contribution in [-0.2, 0) is 9.53 Å². The van der Waals surface area contributed by atoms with Crippen LogP contribution in [0.25, 0.3) is 0 Å². The summed E-state index contributed by atoms with van der Waals surface area (Å²) in [7, 11) is 0. The molecule has 0 atom stereocenters. The van der Waals surface area contributed by atoms with Gasteiger partial charge in [0.05, 0.1) is 0 Å². The van der Waals surface area contributed by atoms with Gasteiger partial charge < -0.3 is 15.2 Å². The Labute approximate surface area is 97.4 Å². The molecule has 0 unspecified atom stereocenters. The summed E-state index contributed by atoms with van der Waals surface area (Å²) in [6.07, 6.45) is 3.83. The van der Waals surface area contributed by atoms with Crippen LogP contribution in [0.5, 0.6) is 0 Å². The van der Waals surface area contributed by atoms with Crippen LogP contribution in [0.4, 0.5) is 0 Å². The third-order valence-corrected chi connectivity index (χ3v) is 2.74. The van der Waals surface area contributed by atoms with Crippen molar-refractivity contribution in [2.45, 2.75) is 64.1 Å². The normalized spacial score (nSPS) is 26.5. The largest absolute Gasteiger partial charge is 0.461 e. The van der Waals surface area contributed by atoms with E-state index in [1.54, 1.807) is 0 Å². The molecule has 0 radical (unpaired) electrons. The van der Waals surface area contributed by atoms with E-state index in [1.807, 2.05) is 0 Å². The van der Waals surface area contributed by atoms with Gasteiger partial charge in [-0.15, -0.1) is 0 Å². The third-order valence-electron chi connectivity index (χ3n) is 2.74. The van der Waals surface area contributed by atoms with Crippen molar-refractivity contribution in [3.8, 4) is 0 Å². The predicted octanol–water partition coefficient (Wildman–Crippen LogP) is 1.22. The molecule has 94 valence electrons. The summed E-state index contributed by atoms with van der Waals surface area (Å²) in [4.78, 5) is 10.9. The lowest BCUT2D eigenvalue weighted by atomic mass is 9.91. The first-order valence-corrected chi connectivity index (χ1v) is 5.99. The summed E-state index contributed by atoms with van der Waals surface area (Å²) < 4.78 is 5.10. The molecule has 4 nitrogen and oxygen atoms in total. The lowest BCUT2D eigenvalue weighted by Crippen LogP contribution is -2.46. The van der Waals surface area contributed by atoms with Crippen LogP contribution in [0.1, 0.15) is 46.5 Å². The molecule has 1 aliphatic carbocycles. The van der Waals surface area contributed by atoms with Gasteiger partial charge in [0.25, 0.3) is 0 Å². The highest BCUT2D eigenvalue weighted by Crippen LogP contribution is 2.22. The Morgan fingerprint density at radius 1 is 1.31 bits per heavy atom. The van der Waals surface area contributed by atoms with Gasteiger partial charge in [-0.25, -0.2) is 4.79 Å². The van der Waals surface area contributed by atoms with Gasteiger partial charge >= 0.3 is 5.97 Å². The molecule has 0 amide bonds. The monoisotopic (exact) mass is 229 g/mol. The average molecular weight is 229 g/mol. The third kappa shape index (κ3) is 4.94. The van der Waals surface area contributed by atoms with E-state index in [-0.39, 0.29) is 11.6 Å². The van der Waals surface area contributed by atoms with Crippen LogP contribution in [-0.4, -0.2) is 35.4 Å². The van der Waals surface area contributed by atoms with Crippen LogP contribution in [0, 0.1) is 0 Å². The van der Waals surface area contributed by atoms with E-state index in [2.05, 4.69) is 26.1 Å². The highest BCUT2D eigenvalue weighted by Gasteiger charge is 2.25. The van der Waals surface area contributed by atoms with E-state index < -0.39 is 12.6 Å². The van der Waals surface area contributed by atoms with Gasteiger partial charge in [0.2, 0.25) is 0 Å². The van der Waals surface area contributed by atoms with Crippen molar-refractivity contribution in [3.63, 3.8) is 0 Å². The van der Waals surface area contributed by atoms with Crippen molar-refractivity contribution in [3.05, 3.63) is 0 Å². The van der Waals surface area contributed by atoms with Crippen molar-refractivity contribution in [1.29, 1.82) is 0 Å². The summed E-state index contributed by atoms with van der Waals surface area (Å²) in [6.45, 7) is 5.96. The smallest absolute Gasteiger partial charge is 0.332 e. The van der Waals surface area contributed by atoms with Crippen molar-refractivity contribution in [1.82, 2.24) is 5.32 Å². The van der Waals surface area contributed by atoms with Gasteiger partial charge in [-0.05, 0) is 46.5 Å². The lowest BCUT2D eigenvalue weighted by molar-refractivity contribution is -0.154. The van der Waals surface area contributed by atoms with Gasteiger partial charge in [-0.1, -0.05) is 0 Å². The number of aliphatic hydroxyl groups is 1. The van der Waals surface area contributed by atoms with Crippen molar-refractivity contribution < 1.29 is 14.6 Å². The highest BCUT2D eigenvalue weighted by molar-refractivity contribution is 5.70. The molecule has 4 heteroatoms. The number of carbonyl (C=O) groups is 1. The standard InChI is InChI=1S/C12H23NO3/c1-12(2,3)13-9-4-6-10(7-5-9)16-11(15)8-14/h9-10,13-14H,4-8H2,1-3H3/t9-,10-. The Balaban J connectivity index is 2.26. The molecule has 0 bridgehead atoms. The minimum Gasteiger partial charge on any atom is -0.461 e. The van der Waals surface area contributed by atoms with Gasteiger partial charge in [-0.2, -0.15) is 0 Å². The maximum atomic E-state index is 10.9. The second-order valence-electron chi connectivity index (χ2n) is 5.52. The zero-order valence-corrected chi connectivity index (χ0v) is 10.5. The topological polar surface area (TPSA) is 58.6 Å². The van der Waals surface area contributed by atoms with Crippen LogP contribution in [0.3, 0.4) is 0 Å². The second kappa shape index (κ2) is 5.64. The molecule has 1 saturated carbocycles. The number of rotatable bonds is 3. The molecule has 0 aromatic heterocycles. The molecule has 1 fully saturated rings. The van der Waals surface area contributed by atoms with E-state index in [0.717, 1.165) is 25.7 Å². The molecule has 0 spiro atoms. The first-order valence-electron chi connectivity index (χ1n) is 5.99. The summed E-state index contributed by atoms with van der Waals surface area (Å²) in [5.41, 5.74) is 0.138. The molecule has 0 heterocycles. The zero-order chi connectivity index (χ0) is 12.2. The van der Waals surface area contributed by atoms with E-state index in [9.17, 15) is 4.79 Å². The van der Waals surface area contributed by atoms with E-state index >= 15 is 0 Å². The Kier molecular flexibility index (Phi) is 4.74. The fourth-order valence-electron chi connectivity index (χ4n) is 2.16. The average Bonchev–Trinajstić information content (AvgIpc) is 2.18. The maximum Gasteiger partial charge on any atom is 0.332 e. The molecular weight excluding hydrogens is 206 g/mol. The maximum absolute atomic E-state index is 10.9. The van der Waals surface area contributed by atoms with E-state index in [4.69, 9.17) is 9.84 Å². The molecule has 0 aromatic carbocycles. The van der Waals surface area contributed by atoms with Gasteiger partial charge in [-0.3, -0.25) is 0 Å². The minimum absolute atomic E-state index is 0.00216. The Bertz CT molecular complexity index is 227. The van der Waals surface area contributed by atoms with Gasteiger partial charge in [0.1, 0.15) is 12.7 Å². The van der Waals surface area contributed by atoms with Crippen molar-refractivity contribution >= 4 is 5.97 Å². The fourth-order valence-corrected chi connectivity index (χ4v) is 2.16. The van der Waals surface area contributed by atoms with Gasteiger partial charge in [0.15, 0.2) is 0 Å². The summed E-state index contributed by atoms with van der Waals surface area (Å²) >= 11 is 0. The summed E-state index contributed by atoms with van der Waals surface area (Å²) in [5.74, 6) is -0.507. The number of esters is 1. The molecule has 0 aromatic rings. The first kappa shape index (κ1) is 13.5. The fraction of sp³-hybridized carbons (Fsp3) is 0.917. The SMILES string of the molecule is CC(C)(C)N[C@H]1CC[C@H](OC(=O)CO)CC1. The molecule has 1 rings (SSSR count). The van der Waals surface area contributed by atoms with Crippen LogP contribution >= 0.6 is 0 Å². The molecule has 0 aliphatic heterocycles. The number of hydrogen-bond acceptors (Lipinski definition) is 4. The van der Waals surface area contributed by atoms with E-state index in [1.165, 1.54) is 0 Å². The highest BCUT2D eigenvalue weighted by atomic mass is 16.6. The zero-order valence-electron chi connectivity index (χ0n) is 10.5. The molecular formula is C12H23NO3. The summed E-state index contributed by atoms with van der Waals surface area (Å²) in [5, 5.41) is 12.1. The van der Waals surface area contributed by atoms with E-state index in [0.29, 0.717) is 6.04 Å². The Hall–Kier alpha value is -0.610. The lowest BCUT2D eigenvalue weighted by Gasteiger charge is -2.33. The van der Waals surface area contributed by atoms with Crippen LogP contribution in [0.2, 0.25) is 0 Å². The quantitative estimate of drug-likeness (QED) is 0.714. The molecule has 16 heavy (non-hydrogen) atoms. The number of ether oxygens (including phenoxy) is 1. The van der Waals surface area contributed by atoms with Crippen LogP contribution < -0.4 is 5.32 Å². The Morgan fingerprint density at radius 3 is 2.31 bits per heavy atom. The van der Waals surface area contributed by atoms with Crippen molar-refractivity contribution in [2.75, 3.05) is 6.61 Å². The first-order chi connectivity index (χ1) is 7.40. The summed E-state index contributed by atoms with van der Waals surface area (Å²) in [6, 6.07) is 0.518. The number of nitrogens with one attached hydrogen (secondary N) is 1. The molecule has 1 aliphatic rings. The predicted molar refractivity (Wildman–Crippen MR) is 62.1 cm³/mol. The number of aliphatic hydroxyl groups excluding tert-OH is 1. The van der Waals surface area contributed by atoms with Gasteiger partial charge in [0, 0.05) is 11.6 Å². The van der Waals surface area contributed by atoms with Crippen LogP contribution in [0.15, 0.2) is 0 Å². The Morgan fingerprint density at radius 2 is 1.88 bits per heavy atom. The minimum atomic E-state index is -0.514. The molecule has 0 saturated heterocycles. The molecule has 2 N–H and O–H groups in total.